The highest BCUT2D eigenvalue weighted by molar-refractivity contribution is 6.30. The molecule has 3 aromatic carbocycles. The first-order chi connectivity index (χ1) is 15.5. The molecule has 0 bridgehead atoms. The Bertz CT molecular complexity index is 1010. The second kappa shape index (κ2) is 11.6. The summed E-state index contributed by atoms with van der Waals surface area (Å²) in [7, 11) is 5.21. The minimum absolute atomic E-state index is 0.0514. The van der Waals surface area contributed by atoms with Crippen molar-refractivity contribution in [2.75, 3.05) is 21.3 Å². The zero-order valence-electron chi connectivity index (χ0n) is 18.9. The van der Waals surface area contributed by atoms with Gasteiger partial charge in [0.05, 0.1) is 20.3 Å². The number of nitrogens with one attached hydrogen (secondary N) is 2. The predicted octanol–water partition coefficient (Wildman–Crippen LogP) is 6.10. The van der Waals surface area contributed by atoms with E-state index in [1.165, 1.54) is 5.56 Å². The quantitative estimate of drug-likeness (QED) is 0.370. The SMILES string of the molecule is C=C(NC)[C@H](N[C@@H](CCc1ccc(Cl)cc1)c1ccc(OC)c(OC)c1)c1ccccc1. The summed E-state index contributed by atoms with van der Waals surface area (Å²) >= 11 is 6.06. The van der Waals surface area contributed by atoms with Gasteiger partial charge in [0.2, 0.25) is 0 Å². The molecule has 32 heavy (non-hydrogen) atoms. The molecular weight excluding hydrogens is 420 g/mol. The van der Waals surface area contributed by atoms with E-state index in [4.69, 9.17) is 21.1 Å². The van der Waals surface area contributed by atoms with Gasteiger partial charge in [0, 0.05) is 23.8 Å². The molecule has 0 unspecified atom stereocenters. The molecule has 0 aliphatic carbocycles. The van der Waals surface area contributed by atoms with E-state index in [1.54, 1.807) is 14.2 Å². The zero-order chi connectivity index (χ0) is 22.9. The van der Waals surface area contributed by atoms with Crippen LogP contribution < -0.4 is 20.1 Å². The third-order valence-electron chi connectivity index (χ3n) is 5.62. The first-order valence-electron chi connectivity index (χ1n) is 10.7. The maximum absolute atomic E-state index is 6.06. The van der Waals surface area contributed by atoms with Crippen LogP contribution in [0.15, 0.2) is 85.1 Å². The van der Waals surface area contributed by atoms with Gasteiger partial charge in [-0.15, -0.1) is 0 Å². The van der Waals surface area contributed by atoms with E-state index in [9.17, 15) is 0 Å². The number of likely N-dealkylation sites (N-methyl/N-ethyl adjacent to an activating group) is 1. The second-order valence-electron chi connectivity index (χ2n) is 7.62. The highest BCUT2D eigenvalue weighted by Crippen LogP contribution is 2.33. The maximum atomic E-state index is 6.06. The Morgan fingerprint density at radius 2 is 1.59 bits per heavy atom. The molecule has 0 heterocycles. The molecule has 0 aromatic heterocycles. The number of benzene rings is 3. The van der Waals surface area contributed by atoms with Crippen molar-refractivity contribution in [3.05, 3.63) is 107 Å². The van der Waals surface area contributed by atoms with Gasteiger partial charge in [0.1, 0.15) is 0 Å². The van der Waals surface area contributed by atoms with Crippen molar-refractivity contribution in [2.24, 2.45) is 0 Å². The Hall–Kier alpha value is -2.95. The summed E-state index contributed by atoms with van der Waals surface area (Å²) in [5.41, 5.74) is 4.43. The van der Waals surface area contributed by atoms with E-state index in [1.807, 2.05) is 49.5 Å². The van der Waals surface area contributed by atoms with Crippen molar-refractivity contribution >= 4 is 11.6 Å². The van der Waals surface area contributed by atoms with Gasteiger partial charge in [-0.05, 0) is 53.8 Å². The lowest BCUT2D eigenvalue weighted by molar-refractivity contribution is 0.353. The van der Waals surface area contributed by atoms with E-state index in [-0.39, 0.29) is 12.1 Å². The minimum Gasteiger partial charge on any atom is -0.493 e. The van der Waals surface area contributed by atoms with Crippen LogP contribution in [-0.2, 0) is 6.42 Å². The molecule has 0 aliphatic heterocycles. The van der Waals surface area contributed by atoms with E-state index < -0.39 is 0 Å². The fraction of sp³-hybridized carbons (Fsp3) is 0.259. The van der Waals surface area contributed by atoms with Crippen LogP contribution in [0.4, 0.5) is 0 Å². The van der Waals surface area contributed by atoms with Gasteiger partial charge < -0.3 is 14.8 Å². The molecule has 0 spiro atoms. The summed E-state index contributed by atoms with van der Waals surface area (Å²) in [5.74, 6) is 1.43. The molecular formula is C27H31ClN2O2. The van der Waals surface area contributed by atoms with Crippen LogP contribution in [-0.4, -0.2) is 21.3 Å². The van der Waals surface area contributed by atoms with Crippen LogP contribution in [0.25, 0.3) is 0 Å². The zero-order valence-corrected chi connectivity index (χ0v) is 19.7. The van der Waals surface area contributed by atoms with Crippen molar-refractivity contribution in [1.82, 2.24) is 10.6 Å². The number of hydrogen-bond donors (Lipinski definition) is 2. The van der Waals surface area contributed by atoms with Gasteiger partial charge in [-0.3, -0.25) is 5.32 Å². The van der Waals surface area contributed by atoms with E-state index in [0.717, 1.165) is 34.7 Å². The molecule has 3 aromatic rings. The van der Waals surface area contributed by atoms with Crippen LogP contribution in [0.5, 0.6) is 11.5 Å². The van der Waals surface area contributed by atoms with Crippen LogP contribution >= 0.6 is 11.6 Å². The summed E-state index contributed by atoms with van der Waals surface area (Å²) in [5, 5.41) is 7.80. The smallest absolute Gasteiger partial charge is 0.161 e. The lowest BCUT2D eigenvalue weighted by Crippen LogP contribution is -2.31. The number of aryl methyl sites for hydroxylation is 1. The molecule has 0 aliphatic rings. The first kappa shape index (κ1) is 23.7. The Morgan fingerprint density at radius 3 is 2.22 bits per heavy atom. The van der Waals surface area contributed by atoms with Gasteiger partial charge in [0.15, 0.2) is 11.5 Å². The second-order valence-corrected chi connectivity index (χ2v) is 8.05. The topological polar surface area (TPSA) is 42.5 Å². The van der Waals surface area contributed by atoms with Crippen molar-refractivity contribution in [3.63, 3.8) is 0 Å². The Balaban J connectivity index is 1.93. The van der Waals surface area contributed by atoms with Crippen molar-refractivity contribution < 1.29 is 9.47 Å². The van der Waals surface area contributed by atoms with E-state index >= 15 is 0 Å². The maximum Gasteiger partial charge on any atom is 0.161 e. The molecule has 0 amide bonds. The molecule has 4 nitrogen and oxygen atoms in total. The molecule has 2 atom stereocenters. The molecule has 0 fully saturated rings. The third-order valence-corrected chi connectivity index (χ3v) is 5.87. The summed E-state index contributed by atoms with van der Waals surface area (Å²) < 4.78 is 11.0. The van der Waals surface area contributed by atoms with E-state index in [2.05, 4.69) is 47.5 Å². The first-order valence-corrected chi connectivity index (χ1v) is 11.1. The number of rotatable bonds is 11. The lowest BCUT2D eigenvalue weighted by atomic mass is 9.95. The van der Waals surface area contributed by atoms with Crippen LogP contribution in [0.2, 0.25) is 5.02 Å². The lowest BCUT2D eigenvalue weighted by Gasteiger charge is -2.28. The van der Waals surface area contributed by atoms with Gasteiger partial charge in [-0.1, -0.05) is 66.7 Å². The van der Waals surface area contributed by atoms with Crippen molar-refractivity contribution in [3.8, 4) is 11.5 Å². The molecule has 2 N–H and O–H groups in total. The molecule has 3 rings (SSSR count). The number of halogens is 1. The van der Waals surface area contributed by atoms with Gasteiger partial charge in [0.25, 0.3) is 0 Å². The monoisotopic (exact) mass is 450 g/mol. The predicted molar refractivity (Wildman–Crippen MR) is 133 cm³/mol. The Labute approximate surface area is 196 Å². The highest BCUT2D eigenvalue weighted by atomic mass is 35.5. The Morgan fingerprint density at radius 1 is 0.906 bits per heavy atom. The fourth-order valence-corrected chi connectivity index (χ4v) is 3.89. The molecule has 0 radical (unpaired) electrons. The van der Waals surface area contributed by atoms with Crippen molar-refractivity contribution in [2.45, 2.75) is 24.9 Å². The molecule has 0 saturated heterocycles. The average Bonchev–Trinajstić information content (AvgIpc) is 2.85. The molecule has 168 valence electrons. The normalized spacial score (nSPS) is 12.6. The summed E-state index contributed by atoms with van der Waals surface area (Å²) in [4.78, 5) is 0. The van der Waals surface area contributed by atoms with Crippen LogP contribution in [0, 0.1) is 0 Å². The highest BCUT2D eigenvalue weighted by Gasteiger charge is 2.22. The van der Waals surface area contributed by atoms with E-state index in [0.29, 0.717) is 11.5 Å². The van der Waals surface area contributed by atoms with Crippen LogP contribution in [0.3, 0.4) is 0 Å². The van der Waals surface area contributed by atoms with Crippen LogP contribution in [0.1, 0.15) is 35.2 Å². The summed E-state index contributed by atoms with van der Waals surface area (Å²) in [6.45, 7) is 4.25. The minimum atomic E-state index is -0.0514. The standard InChI is InChI=1S/C27H31ClN2O2/c1-19(29-2)27(21-8-6-5-7-9-21)30-24(16-12-20-10-14-23(28)15-11-20)22-13-17-25(31-3)26(18-22)32-4/h5-11,13-15,17-18,24,27,29-30H,1,12,16H2,2-4H3/t24-,27-/m0/s1. The van der Waals surface area contributed by atoms with Gasteiger partial charge in [-0.2, -0.15) is 0 Å². The fourth-order valence-electron chi connectivity index (χ4n) is 3.77. The Kier molecular flexibility index (Phi) is 8.60. The number of ether oxygens (including phenoxy) is 2. The number of methoxy groups -OCH3 is 2. The van der Waals surface area contributed by atoms with Gasteiger partial charge in [-0.25, -0.2) is 0 Å². The molecule has 5 heteroatoms. The molecule has 0 saturated carbocycles. The van der Waals surface area contributed by atoms with Crippen molar-refractivity contribution in [1.29, 1.82) is 0 Å². The van der Waals surface area contributed by atoms with Gasteiger partial charge >= 0.3 is 0 Å². The summed E-state index contributed by atoms with van der Waals surface area (Å²) in [6.07, 6.45) is 1.79. The number of hydrogen-bond acceptors (Lipinski definition) is 4. The average molecular weight is 451 g/mol. The third kappa shape index (κ3) is 6.06. The largest absolute Gasteiger partial charge is 0.493 e. The summed E-state index contributed by atoms with van der Waals surface area (Å²) in [6, 6.07) is 24.5.